The molecule has 1 fully saturated rings. The summed E-state index contributed by atoms with van der Waals surface area (Å²) in [7, 11) is 0. The number of hydrogen-bond acceptors (Lipinski definition) is 2. The van der Waals surface area contributed by atoms with Crippen LogP contribution in [0.2, 0.25) is 0 Å². The van der Waals surface area contributed by atoms with Gasteiger partial charge in [-0.3, -0.25) is 4.98 Å². The molecule has 3 rings (SSSR count). The van der Waals surface area contributed by atoms with Crippen LogP contribution in [0.1, 0.15) is 31.2 Å². The van der Waals surface area contributed by atoms with Gasteiger partial charge in [-0.05, 0) is 43.4 Å². The summed E-state index contributed by atoms with van der Waals surface area (Å²) in [5, 5.41) is 5.18. The van der Waals surface area contributed by atoms with Crippen LogP contribution in [0.25, 0.3) is 10.9 Å². The zero-order chi connectivity index (χ0) is 13.8. The highest BCUT2D eigenvalue weighted by Gasteiger charge is 2.19. The molecule has 1 aromatic heterocycles. The van der Waals surface area contributed by atoms with Crippen molar-refractivity contribution >= 4 is 22.5 Å². The summed E-state index contributed by atoms with van der Waals surface area (Å²) in [6, 6.07) is 10.5. The van der Waals surface area contributed by atoms with Crippen molar-refractivity contribution in [2.45, 2.75) is 37.6 Å². The average Bonchev–Trinajstić information content (AvgIpc) is 2.48. The predicted molar refractivity (Wildman–Crippen MR) is 85.0 cm³/mol. The Balaban J connectivity index is 1.60. The quantitative estimate of drug-likeness (QED) is 0.856. The minimum Gasteiger partial charge on any atom is -0.312 e. The normalized spacial score (nSPS) is 23.1. The van der Waals surface area contributed by atoms with Crippen LogP contribution in [0.15, 0.2) is 36.5 Å². The average molecular weight is 289 g/mol. The van der Waals surface area contributed by atoms with Gasteiger partial charge in [0.15, 0.2) is 0 Å². The van der Waals surface area contributed by atoms with Gasteiger partial charge in [0.1, 0.15) is 0 Å². The molecule has 3 heteroatoms. The van der Waals surface area contributed by atoms with Gasteiger partial charge < -0.3 is 5.32 Å². The van der Waals surface area contributed by atoms with Crippen molar-refractivity contribution in [2.75, 3.05) is 6.54 Å². The Hall–Kier alpha value is -1.12. The number of nitrogens with one attached hydrogen (secondary N) is 1. The fraction of sp³-hybridized carbons (Fsp3) is 0.471. The van der Waals surface area contributed by atoms with Crippen LogP contribution >= 0.6 is 11.6 Å². The van der Waals surface area contributed by atoms with Crippen molar-refractivity contribution in [3.8, 4) is 0 Å². The van der Waals surface area contributed by atoms with E-state index in [0.717, 1.165) is 30.9 Å². The molecule has 0 spiro atoms. The Kier molecular flexibility index (Phi) is 4.54. The second kappa shape index (κ2) is 6.55. The summed E-state index contributed by atoms with van der Waals surface area (Å²) in [6.07, 6.45) is 6.79. The van der Waals surface area contributed by atoms with Crippen LogP contribution < -0.4 is 5.32 Å². The Morgan fingerprint density at radius 2 is 2.10 bits per heavy atom. The zero-order valence-electron chi connectivity index (χ0n) is 11.7. The van der Waals surface area contributed by atoms with Crippen molar-refractivity contribution < 1.29 is 0 Å². The van der Waals surface area contributed by atoms with Crippen LogP contribution in [0.3, 0.4) is 0 Å². The molecule has 0 radical (unpaired) electrons. The molecule has 2 nitrogen and oxygen atoms in total. The lowest BCUT2D eigenvalue weighted by molar-refractivity contribution is 0.346. The van der Waals surface area contributed by atoms with Gasteiger partial charge in [-0.15, -0.1) is 11.6 Å². The van der Waals surface area contributed by atoms with Gasteiger partial charge in [-0.25, -0.2) is 0 Å². The van der Waals surface area contributed by atoms with Gasteiger partial charge >= 0.3 is 0 Å². The number of rotatable bonds is 4. The summed E-state index contributed by atoms with van der Waals surface area (Å²) in [6.45, 7) is 1.95. The maximum atomic E-state index is 6.25. The Morgan fingerprint density at radius 1 is 1.20 bits per heavy atom. The molecule has 2 unspecified atom stereocenters. The van der Waals surface area contributed by atoms with Crippen molar-refractivity contribution in [3.63, 3.8) is 0 Å². The molecule has 1 N–H and O–H groups in total. The molecule has 0 amide bonds. The van der Waals surface area contributed by atoms with Crippen molar-refractivity contribution in [3.05, 3.63) is 42.1 Å². The molecule has 1 heterocycles. The lowest BCUT2D eigenvalue weighted by Gasteiger charge is -2.25. The Bertz CT molecular complexity index is 564. The summed E-state index contributed by atoms with van der Waals surface area (Å²) in [4.78, 5) is 4.50. The van der Waals surface area contributed by atoms with Crippen LogP contribution in [-0.2, 0) is 6.54 Å². The van der Waals surface area contributed by atoms with E-state index in [9.17, 15) is 0 Å². The van der Waals surface area contributed by atoms with E-state index in [4.69, 9.17) is 11.6 Å². The van der Waals surface area contributed by atoms with Gasteiger partial charge in [0, 0.05) is 23.5 Å². The number of benzene rings is 1. The molecular weight excluding hydrogens is 268 g/mol. The summed E-state index contributed by atoms with van der Waals surface area (Å²) < 4.78 is 0. The first-order valence-corrected chi connectivity index (χ1v) is 7.94. The third kappa shape index (κ3) is 3.31. The zero-order valence-corrected chi connectivity index (χ0v) is 12.4. The number of nitrogens with zero attached hydrogens (tertiary/aromatic N) is 1. The third-order valence-electron chi connectivity index (χ3n) is 4.18. The highest BCUT2D eigenvalue weighted by Crippen LogP contribution is 2.27. The Labute approximate surface area is 125 Å². The van der Waals surface area contributed by atoms with E-state index in [2.05, 4.69) is 34.6 Å². The minimum absolute atomic E-state index is 0.384. The number of aromatic nitrogens is 1. The van der Waals surface area contributed by atoms with E-state index < -0.39 is 0 Å². The van der Waals surface area contributed by atoms with Crippen LogP contribution in [0.5, 0.6) is 0 Å². The van der Waals surface area contributed by atoms with E-state index in [1.54, 1.807) is 0 Å². The smallest absolute Gasteiger partial charge is 0.0746 e. The molecule has 0 bridgehead atoms. The number of pyridine rings is 1. The molecule has 106 valence electrons. The third-order valence-corrected chi connectivity index (χ3v) is 4.58. The number of alkyl halides is 1. The van der Waals surface area contributed by atoms with Crippen molar-refractivity contribution in [1.82, 2.24) is 10.3 Å². The standard InChI is InChI=1S/C17H21ClN2/c18-16-8-1-4-13(10-16)11-19-12-15-6-2-5-14-7-3-9-20-17(14)15/h2-3,5-7,9,13,16,19H,1,4,8,10-12H2. The van der Waals surface area contributed by atoms with Gasteiger partial charge in [-0.2, -0.15) is 0 Å². The second-order valence-electron chi connectivity index (χ2n) is 5.75. The van der Waals surface area contributed by atoms with Crippen LogP contribution in [-0.4, -0.2) is 16.9 Å². The molecule has 0 aliphatic heterocycles. The molecule has 1 aliphatic carbocycles. The molecular formula is C17H21ClN2. The second-order valence-corrected chi connectivity index (χ2v) is 6.37. The molecule has 1 saturated carbocycles. The molecule has 2 atom stereocenters. The molecule has 1 aromatic carbocycles. The summed E-state index contributed by atoms with van der Waals surface area (Å²) >= 11 is 6.25. The lowest BCUT2D eigenvalue weighted by Crippen LogP contribution is -2.27. The summed E-state index contributed by atoms with van der Waals surface area (Å²) in [5.41, 5.74) is 2.39. The molecule has 0 saturated heterocycles. The van der Waals surface area contributed by atoms with E-state index in [1.807, 2.05) is 12.3 Å². The highest BCUT2D eigenvalue weighted by atomic mass is 35.5. The van der Waals surface area contributed by atoms with Gasteiger partial charge in [0.05, 0.1) is 5.52 Å². The van der Waals surface area contributed by atoms with Crippen molar-refractivity contribution in [2.24, 2.45) is 5.92 Å². The molecule has 20 heavy (non-hydrogen) atoms. The van der Waals surface area contributed by atoms with Crippen LogP contribution in [0, 0.1) is 5.92 Å². The van der Waals surface area contributed by atoms with E-state index >= 15 is 0 Å². The monoisotopic (exact) mass is 288 g/mol. The first-order chi connectivity index (χ1) is 9.83. The molecule has 1 aliphatic rings. The number of para-hydroxylation sites is 1. The van der Waals surface area contributed by atoms with Crippen LogP contribution in [0.4, 0.5) is 0 Å². The van der Waals surface area contributed by atoms with E-state index in [1.165, 1.54) is 30.2 Å². The fourth-order valence-electron chi connectivity index (χ4n) is 3.13. The number of hydrogen-bond donors (Lipinski definition) is 1. The largest absolute Gasteiger partial charge is 0.312 e. The first-order valence-electron chi connectivity index (χ1n) is 7.50. The Morgan fingerprint density at radius 3 is 3.00 bits per heavy atom. The minimum atomic E-state index is 0.384. The van der Waals surface area contributed by atoms with Crippen molar-refractivity contribution in [1.29, 1.82) is 0 Å². The SMILES string of the molecule is ClC1CCCC(CNCc2cccc3cccnc23)C1. The fourth-order valence-corrected chi connectivity index (χ4v) is 3.54. The maximum absolute atomic E-state index is 6.25. The number of fused-ring (bicyclic) bond motifs is 1. The first kappa shape index (κ1) is 13.8. The number of halogens is 1. The predicted octanol–water partition coefficient (Wildman–Crippen LogP) is 4.12. The highest BCUT2D eigenvalue weighted by molar-refractivity contribution is 6.20. The van der Waals surface area contributed by atoms with Gasteiger partial charge in [0.25, 0.3) is 0 Å². The topological polar surface area (TPSA) is 24.9 Å². The maximum Gasteiger partial charge on any atom is 0.0746 e. The van der Waals surface area contributed by atoms with E-state index in [-0.39, 0.29) is 0 Å². The molecule has 2 aromatic rings. The lowest BCUT2D eigenvalue weighted by atomic mass is 9.89. The van der Waals surface area contributed by atoms with E-state index in [0.29, 0.717) is 5.38 Å². The van der Waals surface area contributed by atoms with Gasteiger partial charge in [0.2, 0.25) is 0 Å². The summed E-state index contributed by atoms with van der Waals surface area (Å²) in [5.74, 6) is 0.731. The van der Waals surface area contributed by atoms with Gasteiger partial charge in [-0.1, -0.05) is 30.7 Å².